The minimum atomic E-state index is -4.63. The van der Waals surface area contributed by atoms with Crippen molar-refractivity contribution in [1.82, 2.24) is 24.6 Å². The van der Waals surface area contributed by atoms with Crippen LogP contribution < -0.4 is 0 Å². The molecule has 1 N–H and O–H groups in total. The van der Waals surface area contributed by atoms with Crippen LogP contribution in [-0.2, 0) is 12.8 Å². The van der Waals surface area contributed by atoms with E-state index in [0.717, 1.165) is 12.5 Å². The second-order valence-corrected chi connectivity index (χ2v) is 6.58. The molecule has 0 saturated carbocycles. The second-order valence-electron chi connectivity index (χ2n) is 6.58. The molecule has 7 nitrogen and oxygen atoms in total. The summed E-state index contributed by atoms with van der Waals surface area (Å²) in [7, 11) is 0. The van der Waals surface area contributed by atoms with Crippen LogP contribution in [0.5, 0.6) is 0 Å². The van der Waals surface area contributed by atoms with E-state index in [4.69, 9.17) is 4.42 Å². The van der Waals surface area contributed by atoms with Gasteiger partial charge in [-0.05, 0) is 34.9 Å². The van der Waals surface area contributed by atoms with Crippen LogP contribution in [-0.4, -0.2) is 29.7 Å². The van der Waals surface area contributed by atoms with Crippen molar-refractivity contribution < 1.29 is 22.7 Å². The Kier molecular flexibility index (Phi) is 4.03. The van der Waals surface area contributed by atoms with Crippen molar-refractivity contribution in [2.24, 2.45) is 0 Å². The van der Waals surface area contributed by atoms with Crippen molar-refractivity contribution in [2.75, 3.05) is 0 Å². The topological polar surface area (TPSA) is 89.3 Å². The van der Waals surface area contributed by atoms with Gasteiger partial charge in [-0.2, -0.15) is 13.2 Å². The first-order chi connectivity index (χ1) is 14.4. The number of rotatable bonds is 3. The number of fused-ring (bicyclic) bond motifs is 3. The first-order valence-corrected chi connectivity index (χ1v) is 8.81. The number of aliphatic hydroxyl groups excluding tert-OH is 1. The van der Waals surface area contributed by atoms with Crippen molar-refractivity contribution in [1.29, 1.82) is 0 Å². The Morgan fingerprint density at radius 1 is 1.03 bits per heavy atom. The van der Waals surface area contributed by atoms with Gasteiger partial charge in [0.15, 0.2) is 0 Å². The van der Waals surface area contributed by atoms with Crippen LogP contribution in [0, 0.1) is 0 Å². The summed E-state index contributed by atoms with van der Waals surface area (Å²) in [5.41, 5.74) is 1.40. The summed E-state index contributed by atoms with van der Waals surface area (Å²) in [5.74, 6) is 0.152. The van der Waals surface area contributed by atoms with Gasteiger partial charge in [-0.3, -0.25) is 4.40 Å². The number of pyridine rings is 2. The zero-order valence-electron chi connectivity index (χ0n) is 15.1. The number of benzene rings is 1. The summed E-state index contributed by atoms with van der Waals surface area (Å²) >= 11 is 0. The fourth-order valence-electron chi connectivity index (χ4n) is 3.29. The normalized spacial score (nSPS) is 12.1. The maximum atomic E-state index is 13.6. The summed E-state index contributed by atoms with van der Waals surface area (Å²) in [6, 6.07) is 11.1. The van der Waals surface area contributed by atoms with Crippen LogP contribution in [0.25, 0.3) is 39.4 Å². The number of hydrogen-bond acceptors (Lipinski definition) is 6. The molecule has 4 heterocycles. The fraction of sp³-hybridized carbons (Fsp3) is 0.100. The average molecular weight is 411 g/mol. The maximum absolute atomic E-state index is 13.6. The third-order valence-electron chi connectivity index (χ3n) is 4.72. The molecule has 10 heteroatoms. The average Bonchev–Trinajstić information content (AvgIpc) is 3.42. The van der Waals surface area contributed by atoms with Gasteiger partial charge in [0.25, 0.3) is 5.89 Å². The van der Waals surface area contributed by atoms with Crippen LogP contribution in [0.4, 0.5) is 13.2 Å². The maximum Gasteiger partial charge on any atom is 0.433 e. The third-order valence-corrected chi connectivity index (χ3v) is 4.72. The predicted molar refractivity (Wildman–Crippen MR) is 100 cm³/mol. The molecular formula is C20H12F3N5O2. The number of alkyl halides is 3. The molecule has 30 heavy (non-hydrogen) atoms. The quantitative estimate of drug-likeness (QED) is 0.481. The molecule has 0 aliphatic carbocycles. The number of hydrogen-bond donors (Lipinski definition) is 1. The van der Waals surface area contributed by atoms with E-state index >= 15 is 0 Å². The summed E-state index contributed by atoms with van der Waals surface area (Å²) in [6.07, 6.45) is -1.98. The summed E-state index contributed by atoms with van der Waals surface area (Å²) in [6.45, 7) is -0.153. The Bertz CT molecular complexity index is 1360. The van der Waals surface area contributed by atoms with E-state index in [-0.39, 0.29) is 18.1 Å². The molecule has 0 radical (unpaired) electrons. The molecule has 5 aromatic rings. The lowest BCUT2D eigenvalue weighted by molar-refractivity contribution is -0.140. The van der Waals surface area contributed by atoms with Crippen molar-refractivity contribution in [3.63, 3.8) is 0 Å². The van der Waals surface area contributed by atoms with Crippen LogP contribution in [0.2, 0.25) is 0 Å². The molecule has 0 atom stereocenters. The fourth-order valence-corrected chi connectivity index (χ4v) is 3.29. The largest absolute Gasteiger partial charge is 0.433 e. The third kappa shape index (κ3) is 2.98. The highest BCUT2D eigenvalue weighted by molar-refractivity contribution is 5.94. The van der Waals surface area contributed by atoms with Crippen molar-refractivity contribution >= 4 is 16.7 Å². The van der Waals surface area contributed by atoms with Gasteiger partial charge in [0.05, 0.1) is 6.61 Å². The Labute approximate surface area is 166 Å². The molecular weight excluding hydrogens is 399 g/mol. The number of halogens is 3. The first-order valence-electron chi connectivity index (χ1n) is 8.81. The van der Waals surface area contributed by atoms with Crippen molar-refractivity contribution in [3.8, 4) is 22.7 Å². The summed E-state index contributed by atoms with van der Waals surface area (Å²) in [4.78, 5) is 8.22. The molecule has 150 valence electrons. The first kappa shape index (κ1) is 18.3. The van der Waals surface area contributed by atoms with Gasteiger partial charge in [-0.1, -0.05) is 24.3 Å². The monoisotopic (exact) mass is 411 g/mol. The van der Waals surface area contributed by atoms with E-state index in [0.29, 0.717) is 33.4 Å². The molecule has 0 amide bonds. The van der Waals surface area contributed by atoms with E-state index in [9.17, 15) is 18.3 Å². The Balaban J connectivity index is 1.81. The molecule has 0 unspecified atom stereocenters. The molecule has 0 aliphatic rings. The van der Waals surface area contributed by atoms with E-state index in [1.165, 1.54) is 10.6 Å². The van der Waals surface area contributed by atoms with Crippen molar-refractivity contribution in [3.05, 3.63) is 66.3 Å². The molecule has 1 aromatic carbocycles. The van der Waals surface area contributed by atoms with Gasteiger partial charge in [0, 0.05) is 11.6 Å². The van der Waals surface area contributed by atoms with E-state index in [1.807, 2.05) is 0 Å². The Morgan fingerprint density at radius 2 is 1.83 bits per heavy atom. The molecule has 0 bridgehead atoms. The highest BCUT2D eigenvalue weighted by Crippen LogP contribution is 2.36. The number of imidazole rings is 1. The van der Waals surface area contributed by atoms with Gasteiger partial charge >= 0.3 is 6.18 Å². The Morgan fingerprint density at radius 3 is 2.50 bits per heavy atom. The molecule has 0 fully saturated rings. The van der Waals surface area contributed by atoms with Crippen molar-refractivity contribution in [2.45, 2.75) is 12.8 Å². The lowest BCUT2D eigenvalue weighted by atomic mass is 10.0. The SMILES string of the molecule is OCc1ccc(-c2cc(C(F)(F)F)nc3c2ccc2nc(-c4nnco4)cn23)cc1. The molecule has 0 saturated heterocycles. The van der Waals surface area contributed by atoms with E-state index in [2.05, 4.69) is 20.2 Å². The minimum absolute atomic E-state index is 0.0989. The molecule has 0 aliphatic heterocycles. The highest BCUT2D eigenvalue weighted by Gasteiger charge is 2.34. The molecule has 4 aromatic heterocycles. The predicted octanol–water partition coefficient (Wildman–Crippen LogP) is 4.11. The van der Waals surface area contributed by atoms with Crippen LogP contribution in [0.1, 0.15) is 11.3 Å². The molecule has 0 spiro atoms. The van der Waals surface area contributed by atoms with Crippen LogP contribution >= 0.6 is 0 Å². The second kappa shape index (κ2) is 6.63. The summed E-state index contributed by atoms with van der Waals surface area (Å²) in [5, 5.41) is 17.1. The summed E-state index contributed by atoms with van der Waals surface area (Å²) < 4.78 is 47.4. The van der Waals surface area contributed by atoms with E-state index in [1.54, 1.807) is 36.4 Å². The highest BCUT2D eigenvalue weighted by atomic mass is 19.4. The zero-order chi connectivity index (χ0) is 20.9. The lowest BCUT2D eigenvalue weighted by Gasteiger charge is -2.13. The standard InChI is InChI=1S/C20H12F3N5O2/c21-20(22,23)16-7-14(12-3-1-11(9-29)2-4-12)13-5-6-17-25-15(19-27-24-10-30-19)8-28(17)18(13)26-16/h1-8,10,29H,9H2. The number of nitrogens with zero attached hydrogens (tertiary/aromatic N) is 5. The zero-order valence-corrected chi connectivity index (χ0v) is 15.1. The lowest BCUT2D eigenvalue weighted by Crippen LogP contribution is -2.09. The van der Waals surface area contributed by atoms with Crippen LogP contribution in [0.3, 0.4) is 0 Å². The number of aromatic nitrogens is 5. The van der Waals surface area contributed by atoms with Crippen LogP contribution in [0.15, 0.2) is 59.5 Å². The Hall–Kier alpha value is -3.79. The smallest absolute Gasteiger partial charge is 0.422 e. The number of aliphatic hydroxyl groups is 1. The van der Waals surface area contributed by atoms with Gasteiger partial charge in [-0.25, -0.2) is 9.97 Å². The molecule has 5 rings (SSSR count). The van der Waals surface area contributed by atoms with Gasteiger partial charge < -0.3 is 9.52 Å². The van der Waals surface area contributed by atoms with E-state index < -0.39 is 11.9 Å². The van der Waals surface area contributed by atoms with Gasteiger partial charge in [0.2, 0.25) is 6.39 Å². The van der Waals surface area contributed by atoms with Gasteiger partial charge in [0.1, 0.15) is 22.7 Å². The minimum Gasteiger partial charge on any atom is -0.422 e. The van der Waals surface area contributed by atoms with Gasteiger partial charge in [-0.15, -0.1) is 10.2 Å².